The van der Waals surface area contributed by atoms with Crippen LogP contribution >= 0.6 is 23.2 Å². The predicted molar refractivity (Wildman–Crippen MR) is 170 cm³/mol. The Morgan fingerprint density at radius 3 is 2.23 bits per heavy atom. The maximum atomic E-state index is 12.6. The van der Waals surface area contributed by atoms with Gasteiger partial charge in [0.05, 0.1) is 39.3 Å². The zero-order chi connectivity index (χ0) is 35.0. The molecule has 0 saturated heterocycles. The van der Waals surface area contributed by atoms with Crippen LogP contribution in [0.15, 0.2) is 85.1 Å². The smallest absolute Gasteiger partial charge is 0.416 e. The van der Waals surface area contributed by atoms with Gasteiger partial charge < -0.3 is 24.1 Å². The number of halogens is 5. The van der Waals surface area contributed by atoms with Crippen LogP contribution in [0.25, 0.3) is 11.0 Å². The number of benzene rings is 4. The summed E-state index contributed by atoms with van der Waals surface area (Å²) in [6, 6.07) is 18.2. The van der Waals surface area contributed by atoms with Crippen LogP contribution in [0, 0.1) is 10.1 Å². The van der Waals surface area contributed by atoms with Crippen molar-refractivity contribution in [2.24, 2.45) is 0 Å². The van der Waals surface area contributed by atoms with Crippen molar-refractivity contribution >= 4 is 45.9 Å². The van der Waals surface area contributed by atoms with Crippen LogP contribution in [0.4, 0.5) is 18.9 Å². The van der Waals surface area contributed by atoms with E-state index in [-0.39, 0.29) is 34.6 Å². The number of carboxylic acids is 1. The molecule has 1 aromatic heterocycles. The standard InChI is InChI=1S/C17H13ClN2O4.C15H11ClF3NO4/c1-10(17(21)22)23-12-3-5-13(6-4-12)24-16-9-19-15-8-11(18)2-7-14(15)20-16;1-2-23-14-8-10(4-5-12(14)20(21)22)24-13-6-3-9(7-11(13)16)15(17,18)19/h2-10H,1H3,(H,21,22);3-8H,2H2,1H3. The fraction of sp³-hybridized carbons (Fsp3) is 0.156. The molecule has 0 amide bonds. The maximum Gasteiger partial charge on any atom is 0.416 e. The van der Waals surface area contributed by atoms with Crippen molar-refractivity contribution in [2.45, 2.75) is 26.1 Å². The minimum Gasteiger partial charge on any atom is -0.487 e. The molecule has 5 rings (SSSR count). The summed E-state index contributed by atoms with van der Waals surface area (Å²) in [5, 5.41) is 20.1. The Balaban J connectivity index is 0.000000217. The lowest BCUT2D eigenvalue weighted by molar-refractivity contribution is -0.385. The van der Waals surface area contributed by atoms with Crippen LogP contribution in [0.2, 0.25) is 10.0 Å². The third-order valence-electron chi connectivity index (χ3n) is 6.10. The van der Waals surface area contributed by atoms with Crippen molar-refractivity contribution in [3.8, 4) is 34.6 Å². The van der Waals surface area contributed by atoms with Crippen molar-refractivity contribution in [1.29, 1.82) is 0 Å². The van der Waals surface area contributed by atoms with Crippen LogP contribution < -0.4 is 18.9 Å². The van der Waals surface area contributed by atoms with Crippen LogP contribution in [0.3, 0.4) is 0 Å². The minimum atomic E-state index is -4.52. The normalized spacial score (nSPS) is 11.6. The number of aromatic nitrogens is 2. The van der Waals surface area contributed by atoms with Crippen molar-refractivity contribution in [3.05, 3.63) is 111 Å². The third kappa shape index (κ3) is 9.59. The zero-order valence-electron chi connectivity index (χ0n) is 24.9. The Morgan fingerprint density at radius 2 is 1.60 bits per heavy atom. The van der Waals surface area contributed by atoms with E-state index >= 15 is 0 Å². The Bertz CT molecular complexity index is 1930. The summed E-state index contributed by atoms with van der Waals surface area (Å²) >= 11 is 11.7. The van der Waals surface area contributed by atoms with E-state index in [1.54, 1.807) is 49.4 Å². The molecule has 48 heavy (non-hydrogen) atoms. The Labute approximate surface area is 280 Å². The molecule has 1 unspecified atom stereocenters. The van der Waals surface area contributed by atoms with Gasteiger partial charge in [0.25, 0.3) is 0 Å². The number of aliphatic carboxylic acids is 1. The van der Waals surface area contributed by atoms with E-state index in [1.807, 2.05) is 0 Å². The molecule has 1 N–H and O–H groups in total. The van der Waals surface area contributed by atoms with Crippen LogP contribution in [0.1, 0.15) is 19.4 Å². The zero-order valence-corrected chi connectivity index (χ0v) is 26.4. The first-order valence-electron chi connectivity index (χ1n) is 13.8. The second kappa shape index (κ2) is 15.5. The summed E-state index contributed by atoms with van der Waals surface area (Å²) in [5.74, 6) is 0.415. The van der Waals surface area contributed by atoms with E-state index in [0.717, 1.165) is 18.2 Å². The third-order valence-corrected chi connectivity index (χ3v) is 6.63. The number of nitro benzene ring substituents is 1. The molecule has 0 aliphatic rings. The number of fused-ring (bicyclic) bond motifs is 1. The topological polar surface area (TPSA) is 143 Å². The van der Waals surface area contributed by atoms with Crippen LogP contribution in [-0.2, 0) is 11.0 Å². The van der Waals surface area contributed by atoms with Crippen molar-refractivity contribution in [1.82, 2.24) is 9.97 Å². The quantitative estimate of drug-likeness (QED) is 0.110. The van der Waals surface area contributed by atoms with E-state index in [4.69, 9.17) is 47.3 Å². The molecular weight excluding hydrogens is 682 g/mol. The molecule has 0 aliphatic carbocycles. The Hall–Kier alpha value is -5.34. The van der Waals surface area contributed by atoms with Crippen LogP contribution in [0.5, 0.6) is 34.6 Å². The predicted octanol–water partition coefficient (Wildman–Crippen LogP) is 9.39. The number of nitrogens with zero attached hydrogens (tertiary/aromatic N) is 3. The van der Waals surface area contributed by atoms with E-state index in [1.165, 1.54) is 31.3 Å². The second-order valence-electron chi connectivity index (χ2n) is 9.58. The number of nitro groups is 1. The molecule has 5 aromatic rings. The maximum absolute atomic E-state index is 12.6. The second-order valence-corrected chi connectivity index (χ2v) is 10.4. The van der Waals surface area contributed by atoms with Gasteiger partial charge in [-0.3, -0.25) is 10.1 Å². The monoisotopic (exact) mass is 705 g/mol. The Kier molecular flexibility index (Phi) is 11.5. The van der Waals surface area contributed by atoms with Crippen molar-refractivity contribution < 1.29 is 46.9 Å². The van der Waals surface area contributed by atoms with Crippen molar-refractivity contribution in [2.75, 3.05) is 6.61 Å². The average Bonchev–Trinajstić information content (AvgIpc) is 3.03. The largest absolute Gasteiger partial charge is 0.487 e. The van der Waals surface area contributed by atoms with Gasteiger partial charge in [0.15, 0.2) is 6.10 Å². The van der Waals surface area contributed by atoms with Gasteiger partial charge in [-0.2, -0.15) is 13.2 Å². The molecule has 0 spiro atoms. The fourth-order valence-electron chi connectivity index (χ4n) is 3.84. The molecule has 0 fully saturated rings. The molecule has 0 aliphatic heterocycles. The van der Waals surface area contributed by atoms with Gasteiger partial charge in [0.2, 0.25) is 11.6 Å². The molecule has 4 aromatic carbocycles. The molecule has 0 bridgehead atoms. The lowest BCUT2D eigenvalue weighted by atomic mass is 10.2. The molecule has 11 nitrogen and oxygen atoms in total. The average molecular weight is 706 g/mol. The summed E-state index contributed by atoms with van der Waals surface area (Å²) in [6.45, 7) is 3.32. The number of alkyl halides is 3. The summed E-state index contributed by atoms with van der Waals surface area (Å²) in [4.78, 5) is 29.7. The number of hydrogen-bond donors (Lipinski definition) is 1. The van der Waals surface area contributed by atoms with Gasteiger partial charge in [-0.15, -0.1) is 0 Å². The molecule has 0 saturated carbocycles. The van der Waals surface area contributed by atoms with Gasteiger partial charge in [-0.25, -0.2) is 14.8 Å². The summed E-state index contributed by atoms with van der Waals surface area (Å²) < 4.78 is 59.3. The van der Waals surface area contributed by atoms with Gasteiger partial charge in [-0.05, 0) is 80.6 Å². The first kappa shape index (κ1) is 35.5. The highest BCUT2D eigenvalue weighted by molar-refractivity contribution is 6.32. The van der Waals surface area contributed by atoms with Gasteiger partial charge in [-0.1, -0.05) is 23.2 Å². The lowest BCUT2D eigenvalue weighted by Crippen LogP contribution is -2.22. The highest BCUT2D eigenvalue weighted by atomic mass is 35.5. The number of carbonyl (C=O) groups is 1. The molecule has 1 atom stereocenters. The molecule has 250 valence electrons. The number of rotatable bonds is 10. The van der Waals surface area contributed by atoms with Crippen molar-refractivity contribution in [3.63, 3.8) is 0 Å². The first-order valence-corrected chi connectivity index (χ1v) is 14.5. The highest BCUT2D eigenvalue weighted by Gasteiger charge is 2.31. The molecule has 1 heterocycles. The van der Waals surface area contributed by atoms with E-state index in [0.29, 0.717) is 33.4 Å². The SMILES string of the molecule is CC(Oc1ccc(Oc2cnc3cc(Cl)ccc3n2)cc1)C(=O)O.CCOc1cc(Oc2ccc(C(F)(F)F)cc2Cl)ccc1[N+](=O)[O-]. The van der Waals surface area contributed by atoms with Gasteiger partial charge in [0.1, 0.15) is 23.0 Å². The summed E-state index contributed by atoms with van der Waals surface area (Å²) in [7, 11) is 0. The fourth-order valence-corrected chi connectivity index (χ4v) is 4.23. The first-order chi connectivity index (χ1) is 22.7. The highest BCUT2D eigenvalue weighted by Crippen LogP contribution is 2.38. The molecular formula is C32H24Cl2F3N3O8. The van der Waals surface area contributed by atoms with E-state index < -0.39 is 28.7 Å². The number of hydrogen-bond acceptors (Lipinski definition) is 9. The minimum absolute atomic E-state index is 0.0111. The van der Waals surface area contributed by atoms with E-state index in [2.05, 4.69) is 9.97 Å². The van der Waals surface area contributed by atoms with Gasteiger partial charge >= 0.3 is 17.8 Å². The lowest BCUT2D eigenvalue weighted by Gasteiger charge is -2.12. The molecule has 16 heteroatoms. The summed E-state index contributed by atoms with van der Waals surface area (Å²) in [5.41, 5.74) is 0.203. The number of carboxylic acid groups (broad SMARTS) is 1. The molecule has 0 radical (unpaired) electrons. The number of ether oxygens (including phenoxy) is 4. The summed E-state index contributed by atoms with van der Waals surface area (Å²) in [6.07, 6.45) is -3.93. The van der Waals surface area contributed by atoms with E-state index in [9.17, 15) is 28.1 Å². The van der Waals surface area contributed by atoms with Crippen LogP contribution in [-0.4, -0.2) is 38.7 Å². The Morgan fingerprint density at radius 1 is 0.917 bits per heavy atom. The van der Waals surface area contributed by atoms with Gasteiger partial charge in [0, 0.05) is 17.2 Å².